The molecule has 24 heavy (non-hydrogen) atoms. The van der Waals surface area contributed by atoms with Crippen molar-refractivity contribution >= 4 is 23.6 Å². The van der Waals surface area contributed by atoms with Gasteiger partial charge in [-0.25, -0.2) is 4.39 Å². The van der Waals surface area contributed by atoms with Crippen molar-refractivity contribution in [1.29, 1.82) is 0 Å². The Bertz CT molecular complexity index is 602. The van der Waals surface area contributed by atoms with Crippen LogP contribution in [0.5, 0.6) is 0 Å². The Kier molecular flexibility index (Phi) is 5.13. The molecule has 0 bridgehead atoms. The van der Waals surface area contributed by atoms with E-state index in [0.717, 1.165) is 30.6 Å². The number of carbonyl (C=O) groups is 2. The van der Waals surface area contributed by atoms with Gasteiger partial charge in [-0.05, 0) is 50.7 Å². The van der Waals surface area contributed by atoms with E-state index in [1.807, 2.05) is 37.3 Å². The molecule has 1 aromatic carbocycles. The number of halogens is 1. The fraction of sp³-hybridized carbons (Fsp3) is 0.556. The molecular formula is C18H23FN2O2S. The molecule has 0 saturated heterocycles. The number of hydrogen-bond acceptors (Lipinski definition) is 3. The van der Waals surface area contributed by atoms with E-state index in [1.54, 1.807) is 0 Å². The quantitative estimate of drug-likeness (QED) is 0.709. The fourth-order valence-corrected chi connectivity index (χ4v) is 3.46. The van der Waals surface area contributed by atoms with Crippen molar-refractivity contribution in [3.05, 3.63) is 30.3 Å². The molecule has 130 valence electrons. The number of amides is 2. The molecule has 0 aliphatic heterocycles. The lowest BCUT2D eigenvalue weighted by Gasteiger charge is -2.21. The Morgan fingerprint density at radius 3 is 2.50 bits per heavy atom. The van der Waals surface area contributed by atoms with Crippen molar-refractivity contribution < 1.29 is 14.0 Å². The molecule has 2 saturated carbocycles. The number of benzene rings is 1. The van der Waals surface area contributed by atoms with E-state index in [1.165, 1.54) is 11.8 Å². The van der Waals surface area contributed by atoms with Crippen LogP contribution in [-0.2, 0) is 9.59 Å². The summed E-state index contributed by atoms with van der Waals surface area (Å²) < 4.78 is 13.7. The van der Waals surface area contributed by atoms with Crippen LogP contribution in [0.2, 0.25) is 0 Å². The number of carbonyl (C=O) groups excluding carboxylic acids is 2. The number of rotatable bonds is 8. The van der Waals surface area contributed by atoms with E-state index in [2.05, 4.69) is 10.6 Å². The van der Waals surface area contributed by atoms with Gasteiger partial charge in [0.05, 0.1) is 10.8 Å². The minimum atomic E-state index is -1.40. The second-order valence-electron chi connectivity index (χ2n) is 6.80. The highest BCUT2D eigenvalue weighted by Crippen LogP contribution is 2.37. The van der Waals surface area contributed by atoms with Gasteiger partial charge in [-0.1, -0.05) is 18.2 Å². The predicted molar refractivity (Wildman–Crippen MR) is 92.5 cm³/mol. The molecule has 1 aromatic rings. The lowest BCUT2D eigenvalue weighted by Crippen LogP contribution is -2.49. The molecule has 6 heteroatoms. The average molecular weight is 350 g/mol. The summed E-state index contributed by atoms with van der Waals surface area (Å²) in [5, 5.41) is 5.47. The Hall–Kier alpha value is -1.56. The summed E-state index contributed by atoms with van der Waals surface area (Å²) in [5.41, 5.74) is -0.387. The van der Waals surface area contributed by atoms with Crippen molar-refractivity contribution in [3.8, 4) is 0 Å². The van der Waals surface area contributed by atoms with Gasteiger partial charge in [0.2, 0.25) is 5.91 Å². The summed E-state index contributed by atoms with van der Waals surface area (Å²) in [4.78, 5) is 25.2. The maximum atomic E-state index is 13.7. The van der Waals surface area contributed by atoms with Gasteiger partial charge in [0.15, 0.2) is 6.17 Å². The Morgan fingerprint density at radius 1 is 1.25 bits per heavy atom. The summed E-state index contributed by atoms with van der Waals surface area (Å²) in [6.45, 7) is 2.18. The van der Waals surface area contributed by atoms with Crippen molar-refractivity contribution in [2.24, 2.45) is 5.92 Å². The van der Waals surface area contributed by atoms with Crippen LogP contribution in [0.1, 0.15) is 32.6 Å². The number of thioether (sulfide) groups is 1. The minimum Gasteiger partial charge on any atom is -0.351 e. The first-order chi connectivity index (χ1) is 11.5. The lowest BCUT2D eigenvalue weighted by atomic mass is 10.2. The van der Waals surface area contributed by atoms with Gasteiger partial charge in [-0.15, -0.1) is 11.8 Å². The average Bonchev–Trinajstić information content (AvgIpc) is 3.48. The normalized spacial score (nSPS) is 20.8. The molecule has 2 N–H and O–H groups in total. The van der Waals surface area contributed by atoms with Gasteiger partial charge in [0.1, 0.15) is 0 Å². The SMILES string of the molecule is CC(Sc1ccccc1)C(=O)NC1(CNC(=O)C(F)C2CC2)CC1. The monoisotopic (exact) mass is 350 g/mol. The van der Waals surface area contributed by atoms with Gasteiger partial charge in [-0.2, -0.15) is 0 Å². The van der Waals surface area contributed by atoms with E-state index in [0.29, 0.717) is 6.54 Å². The topological polar surface area (TPSA) is 58.2 Å². The molecule has 0 spiro atoms. The van der Waals surface area contributed by atoms with Crippen LogP contribution in [-0.4, -0.2) is 35.3 Å². The summed E-state index contributed by atoms with van der Waals surface area (Å²) in [5.74, 6) is -0.684. The molecule has 0 radical (unpaired) electrons. The summed E-state index contributed by atoms with van der Waals surface area (Å²) in [7, 11) is 0. The molecule has 0 heterocycles. The standard InChI is InChI=1S/C18H23FN2O2S/c1-12(24-14-5-3-2-4-6-14)16(22)21-18(9-10-18)11-20-17(23)15(19)13-7-8-13/h2-6,12-13,15H,7-11H2,1H3,(H,20,23)(H,21,22). The first kappa shape index (κ1) is 17.3. The highest BCUT2D eigenvalue weighted by Gasteiger charge is 2.46. The molecule has 3 rings (SSSR count). The Morgan fingerprint density at radius 2 is 1.92 bits per heavy atom. The van der Waals surface area contributed by atoms with Gasteiger partial charge in [0.25, 0.3) is 5.91 Å². The highest BCUT2D eigenvalue weighted by atomic mass is 32.2. The third kappa shape index (κ3) is 4.50. The third-order valence-corrected chi connectivity index (χ3v) is 5.67. The van der Waals surface area contributed by atoms with E-state index >= 15 is 0 Å². The summed E-state index contributed by atoms with van der Waals surface area (Å²) >= 11 is 1.50. The van der Waals surface area contributed by atoms with Crippen LogP contribution in [0, 0.1) is 5.92 Å². The molecule has 4 nitrogen and oxygen atoms in total. The number of hydrogen-bond donors (Lipinski definition) is 2. The zero-order valence-electron chi connectivity index (χ0n) is 13.8. The van der Waals surface area contributed by atoms with Crippen molar-refractivity contribution in [2.45, 2.75) is 54.5 Å². The van der Waals surface area contributed by atoms with Crippen molar-refractivity contribution in [2.75, 3.05) is 6.54 Å². The largest absolute Gasteiger partial charge is 0.351 e. The molecule has 2 aliphatic rings. The molecule has 2 amide bonds. The molecular weight excluding hydrogens is 327 g/mol. The summed E-state index contributed by atoms with van der Waals surface area (Å²) in [6.07, 6.45) is 1.84. The predicted octanol–water partition coefficient (Wildman–Crippen LogP) is 2.68. The van der Waals surface area contributed by atoms with Gasteiger partial charge in [0, 0.05) is 11.4 Å². The maximum absolute atomic E-state index is 13.7. The lowest BCUT2D eigenvalue weighted by molar-refractivity contribution is -0.127. The van der Waals surface area contributed by atoms with E-state index in [9.17, 15) is 14.0 Å². The molecule has 0 aromatic heterocycles. The smallest absolute Gasteiger partial charge is 0.254 e. The second-order valence-corrected chi connectivity index (χ2v) is 8.21. The van der Waals surface area contributed by atoms with Crippen molar-refractivity contribution in [3.63, 3.8) is 0 Å². The zero-order valence-corrected chi connectivity index (χ0v) is 14.6. The third-order valence-electron chi connectivity index (χ3n) is 4.55. The van der Waals surface area contributed by atoms with E-state index in [4.69, 9.17) is 0 Å². The Labute approximate surface area is 146 Å². The molecule has 2 atom stereocenters. The van der Waals surface area contributed by atoms with Crippen LogP contribution >= 0.6 is 11.8 Å². The van der Waals surface area contributed by atoms with Gasteiger partial charge in [-0.3, -0.25) is 9.59 Å². The molecule has 2 fully saturated rings. The van der Waals surface area contributed by atoms with Crippen LogP contribution < -0.4 is 10.6 Å². The van der Waals surface area contributed by atoms with Crippen molar-refractivity contribution in [1.82, 2.24) is 10.6 Å². The van der Waals surface area contributed by atoms with Crippen LogP contribution in [0.3, 0.4) is 0 Å². The van der Waals surface area contributed by atoms with E-state index in [-0.39, 0.29) is 22.6 Å². The first-order valence-electron chi connectivity index (χ1n) is 8.45. The minimum absolute atomic E-state index is 0.0467. The maximum Gasteiger partial charge on any atom is 0.254 e. The number of alkyl halides is 1. The Balaban J connectivity index is 1.45. The van der Waals surface area contributed by atoms with Gasteiger partial charge >= 0.3 is 0 Å². The highest BCUT2D eigenvalue weighted by molar-refractivity contribution is 8.00. The zero-order chi connectivity index (χ0) is 17.2. The fourth-order valence-electron chi connectivity index (χ4n) is 2.57. The summed E-state index contributed by atoms with van der Waals surface area (Å²) in [6, 6.07) is 9.77. The van der Waals surface area contributed by atoms with Gasteiger partial charge < -0.3 is 10.6 Å². The van der Waals surface area contributed by atoms with Crippen LogP contribution in [0.4, 0.5) is 4.39 Å². The number of nitrogens with one attached hydrogen (secondary N) is 2. The molecule has 2 unspecified atom stereocenters. The molecule has 2 aliphatic carbocycles. The first-order valence-corrected chi connectivity index (χ1v) is 9.33. The van der Waals surface area contributed by atoms with Crippen LogP contribution in [0.15, 0.2) is 35.2 Å². The van der Waals surface area contributed by atoms with Crippen LogP contribution in [0.25, 0.3) is 0 Å². The van der Waals surface area contributed by atoms with E-state index < -0.39 is 12.1 Å². The second kappa shape index (κ2) is 7.13.